The molecule has 2 aliphatic carbocycles. The zero-order valence-electron chi connectivity index (χ0n) is 20.7. The normalized spacial score (nSPS) is 15.8. The number of amides is 2. The topological polar surface area (TPSA) is 67.2 Å². The molecule has 5 rings (SSSR count). The zero-order chi connectivity index (χ0) is 24.4. The number of aromatic nitrogens is 2. The Morgan fingerprint density at radius 2 is 1.74 bits per heavy atom. The van der Waals surface area contributed by atoms with Gasteiger partial charge in [-0.1, -0.05) is 49.2 Å². The van der Waals surface area contributed by atoms with Gasteiger partial charge in [-0.25, -0.2) is 4.98 Å². The second kappa shape index (κ2) is 10.1. The molecule has 0 saturated heterocycles. The Kier molecular flexibility index (Phi) is 6.71. The van der Waals surface area contributed by atoms with Gasteiger partial charge in [0.1, 0.15) is 0 Å². The van der Waals surface area contributed by atoms with Gasteiger partial charge in [-0.15, -0.1) is 0 Å². The monoisotopic (exact) mass is 470 g/mol. The van der Waals surface area contributed by atoms with Gasteiger partial charge in [0.05, 0.1) is 12.2 Å². The van der Waals surface area contributed by atoms with Gasteiger partial charge in [0.2, 0.25) is 17.8 Å². The highest BCUT2D eigenvalue weighted by atomic mass is 16.2. The van der Waals surface area contributed by atoms with E-state index >= 15 is 0 Å². The standard InChI is InChI=1S/C29H34N4O2/c1-20-12-15-25(16-21(20)2)33-18-26(23-8-4-3-5-9-23)30-29(33)31-27(34)19-32(17-22-13-14-22)28(35)24-10-6-7-11-24/h3-5,8-9,12,15-16,18,22,24H,6-7,10-11,13-14,17,19H2,1-2H3,(H,30,31,34). The summed E-state index contributed by atoms with van der Waals surface area (Å²) >= 11 is 0. The van der Waals surface area contributed by atoms with E-state index in [1.54, 1.807) is 4.90 Å². The van der Waals surface area contributed by atoms with Crippen molar-refractivity contribution >= 4 is 17.8 Å². The Morgan fingerprint density at radius 3 is 2.43 bits per heavy atom. The molecule has 182 valence electrons. The fourth-order valence-electron chi connectivity index (χ4n) is 4.90. The smallest absolute Gasteiger partial charge is 0.246 e. The largest absolute Gasteiger partial charge is 0.333 e. The predicted molar refractivity (Wildman–Crippen MR) is 138 cm³/mol. The lowest BCUT2D eigenvalue weighted by Crippen LogP contribution is -2.42. The van der Waals surface area contributed by atoms with Gasteiger partial charge in [-0.05, 0) is 68.7 Å². The van der Waals surface area contributed by atoms with Gasteiger partial charge in [0, 0.05) is 29.9 Å². The molecule has 2 saturated carbocycles. The summed E-state index contributed by atoms with van der Waals surface area (Å²) in [7, 11) is 0. The SMILES string of the molecule is Cc1ccc(-n2cc(-c3ccccc3)nc2NC(=O)CN(CC2CC2)C(=O)C2CCCC2)cc1C. The first-order valence-electron chi connectivity index (χ1n) is 12.8. The molecule has 2 aromatic carbocycles. The fourth-order valence-corrected chi connectivity index (χ4v) is 4.90. The Hall–Kier alpha value is -3.41. The summed E-state index contributed by atoms with van der Waals surface area (Å²) in [6.07, 6.45) is 8.35. The van der Waals surface area contributed by atoms with Crippen molar-refractivity contribution in [2.45, 2.75) is 52.4 Å². The van der Waals surface area contributed by atoms with E-state index in [-0.39, 0.29) is 24.3 Å². The van der Waals surface area contributed by atoms with Crippen molar-refractivity contribution in [3.63, 3.8) is 0 Å². The van der Waals surface area contributed by atoms with Crippen LogP contribution >= 0.6 is 0 Å². The zero-order valence-corrected chi connectivity index (χ0v) is 20.7. The number of rotatable bonds is 8. The summed E-state index contributed by atoms with van der Waals surface area (Å²) in [5.41, 5.74) is 5.10. The van der Waals surface area contributed by atoms with Crippen LogP contribution in [0.15, 0.2) is 54.7 Å². The first-order valence-corrected chi connectivity index (χ1v) is 12.8. The van der Waals surface area contributed by atoms with E-state index in [1.165, 1.54) is 11.1 Å². The summed E-state index contributed by atoms with van der Waals surface area (Å²) in [4.78, 5) is 33.0. The minimum atomic E-state index is -0.202. The summed E-state index contributed by atoms with van der Waals surface area (Å²) in [5, 5.41) is 3.02. The number of anilines is 1. The molecule has 3 aromatic rings. The third kappa shape index (κ3) is 5.47. The van der Waals surface area contributed by atoms with Crippen LogP contribution in [0.1, 0.15) is 49.7 Å². The van der Waals surface area contributed by atoms with Gasteiger partial charge >= 0.3 is 0 Å². The number of imidazole rings is 1. The highest BCUT2D eigenvalue weighted by Crippen LogP contribution is 2.32. The molecule has 0 bridgehead atoms. The number of aryl methyl sites for hydroxylation is 2. The Bertz CT molecular complexity index is 1210. The number of nitrogens with one attached hydrogen (secondary N) is 1. The average molecular weight is 471 g/mol. The molecular weight excluding hydrogens is 436 g/mol. The summed E-state index contributed by atoms with van der Waals surface area (Å²) in [5.74, 6) is 1.02. The van der Waals surface area contributed by atoms with Crippen molar-refractivity contribution in [2.75, 3.05) is 18.4 Å². The van der Waals surface area contributed by atoms with Gasteiger partial charge in [0.25, 0.3) is 0 Å². The molecule has 6 nitrogen and oxygen atoms in total. The van der Waals surface area contributed by atoms with E-state index in [9.17, 15) is 9.59 Å². The van der Waals surface area contributed by atoms with Crippen LogP contribution in [0, 0.1) is 25.7 Å². The van der Waals surface area contributed by atoms with Crippen LogP contribution in [-0.2, 0) is 9.59 Å². The summed E-state index contributed by atoms with van der Waals surface area (Å²) in [6.45, 7) is 4.92. The lowest BCUT2D eigenvalue weighted by atomic mass is 10.1. The average Bonchev–Trinajstić information content (AvgIpc) is 3.33. The number of carbonyl (C=O) groups is 2. The quantitative estimate of drug-likeness (QED) is 0.471. The molecule has 2 fully saturated rings. The maximum atomic E-state index is 13.2. The van der Waals surface area contributed by atoms with E-state index < -0.39 is 0 Å². The van der Waals surface area contributed by atoms with Crippen LogP contribution in [0.2, 0.25) is 0 Å². The third-order valence-electron chi connectivity index (χ3n) is 7.32. The lowest BCUT2D eigenvalue weighted by molar-refractivity contribution is -0.138. The second-order valence-corrected chi connectivity index (χ2v) is 10.1. The van der Waals surface area contributed by atoms with E-state index in [0.717, 1.165) is 55.5 Å². The van der Waals surface area contributed by atoms with Crippen LogP contribution < -0.4 is 5.32 Å². The molecule has 0 spiro atoms. The van der Waals surface area contributed by atoms with Crippen molar-refractivity contribution in [1.29, 1.82) is 0 Å². The summed E-state index contributed by atoms with van der Waals surface area (Å²) in [6, 6.07) is 16.2. The molecule has 1 N–H and O–H groups in total. The van der Waals surface area contributed by atoms with E-state index in [2.05, 4.69) is 31.3 Å². The number of benzene rings is 2. The maximum Gasteiger partial charge on any atom is 0.246 e. The van der Waals surface area contributed by atoms with Crippen molar-refractivity contribution in [2.24, 2.45) is 11.8 Å². The molecule has 1 heterocycles. The molecule has 1 aromatic heterocycles. The van der Waals surface area contributed by atoms with Crippen LogP contribution in [0.3, 0.4) is 0 Å². The first kappa shape index (κ1) is 23.3. The van der Waals surface area contributed by atoms with Crippen LogP contribution in [0.5, 0.6) is 0 Å². The molecule has 0 unspecified atom stereocenters. The minimum Gasteiger partial charge on any atom is -0.333 e. The number of hydrogen-bond acceptors (Lipinski definition) is 3. The number of hydrogen-bond donors (Lipinski definition) is 1. The highest BCUT2D eigenvalue weighted by Gasteiger charge is 2.33. The Labute approximate surface area is 207 Å². The first-order chi connectivity index (χ1) is 17.0. The fraction of sp³-hybridized carbons (Fsp3) is 0.414. The molecule has 0 aliphatic heterocycles. The molecule has 2 aliphatic rings. The Balaban J connectivity index is 1.40. The van der Waals surface area contributed by atoms with E-state index in [4.69, 9.17) is 4.98 Å². The van der Waals surface area contributed by atoms with Crippen LogP contribution in [-0.4, -0.2) is 39.4 Å². The predicted octanol–water partition coefficient (Wildman–Crippen LogP) is 5.52. The van der Waals surface area contributed by atoms with Gasteiger partial charge in [0.15, 0.2) is 0 Å². The maximum absolute atomic E-state index is 13.2. The van der Waals surface area contributed by atoms with Crippen molar-refractivity contribution in [1.82, 2.24) is 14.5 Å². The number of carbonyl (C=O) groups excluding carboxylic acids is 2. The number of nitrogens with zero attached hydrogens (tertiary/aromatic N) is 3. The summed E-state index contributed by atoms with van der Waals surface area (Å²) < 4.78 is 1.93. The van der Waals surface area contributed by atoms with E-state index in [1.807, 2.05) is 47.2 Å². The molecule has 0 atom stereocenters. The van der Waals surface area contributed by atoms with Gasteiger partial charge in [-0.2, -0.15) is 0 Å². The van der Waals surface area contributed by atoms with Gasteiger partial charge in [-0.3, -0.25) is 19.5 Å². The van der Waals surface area contributed by atoms with E-state index in [0.29, 0.717) is 18.4 Å². The van der Waals surface area contributed by atoms with Crippen LogP contribution in [0.4, 0.5) is 5.95 Å². The van der Waals surface area contributed by atoms with Crippen molar-refractivity contribution in [3.8, 4) is 16.9 Å². The highest BCUT2D eigenvalue weighted by molar-refractivity contribution is 5.94. The Morgan fingerprint density at radius 1 is 1.00 bits per heavy atom. The lowest BCUT2D eigenvalue weighted by Gasteiger charge is -2.25. The third-order valence-corrected chi connectivity index (χ3v) is 7.32. The molecule has 35 heavy (non-hydrogen) atoms. The minimum absolute atomic E-state index is 0.0729. The second-order valence-electron chi connectivity index (χ2n) is 10.1. The molecular formula is C29H34N4O2. The molecule has 2 amide bonds. The molecule has 0 radical (unpaired) electrons. The van der Waals surface area contributed by atoms with Crippen LogP contribution in [0.25, 0.3) is 16.9 Å². The van der Waals surface area contributed by atoms with Gasteiger partial charge < -0.3 is 4.90 Å². The van der Waals surface area contributed by atoms with Crippen molar-refractivity contribution < 1.29 is 9.59 Å². The molecule has 6 heteroatoms. The van der Waals surface area contributed by atoms with Crippen molar-refractivity contribution in [3.05, 3.63) is 65.9 Å².